The molecule has 2 fully saturated rings. The first-order valence-corrected chi connectivity index (χ1v) is 13.8. The van der Waals surface area contributed by atoms with E-state index in [-0.39, 0.29) is 12.1 Å². The van der Waals surface area contributed by atoms with Crippen LogP contribution >= 0.6 is 22.9 Å². The summed E-state index contributed by atoms with van der Waals surface area (Å²) in [6.45, 7) is 4.46. The summed E-state index contributed by atoms with van der Waals surface area (Å²) < 4.78 is 1.84. The van der Waals surface area contributed by atoms with E-state index in [0.717, 1.165) is 24.2 Å². The lowest BCUT2D eigenvalue weighted by Crippen LogP contribution is -2.43. The van der Waals surface area contributed by atoms with Crippen molar-refractivity contribution in [3.05, 3.63) is 60.7 Å². The average molecular weight is 591 g/mol. The molecule has 2 aromatic carbocycles. The molecule has 35 heavy (non-hydrogen) atoms. The number of nitrogens with one attached hydrogen (secondary N) is 3. The van der Waals surface area contributed by atoms with E-state index in [2.05, 4.69) is 52.7 Å². The first-order chi connectivity index (χ1) is 16.9. The number of benzene rings is 2. The SMILES string of the molecule is CC1CCCCC1N(I)C(=O)Nc1ccccc1.CC1CCCCC1NC(=O)Nc1ccccc1. The molecule has 4 amide bonds. The number of carbonyl (C=O) groups is 2. The Morgan fingerprint density at radius 2 is 1.26 bits per heavy atom. The van der Waals surface area contributed by atoms with Gasteiger partial charge >= 0.3 is 12.1 Å². The summed E-state index contributed by atoms with van der Waals surface area (Å²) >= 11 is 2.15. The maximum Gasteiger partial charge on any atom is 0.330 e. The summed E-state index contributed by atoms with van der Waals surface area (Å²) in [5, 5.41) is 8.87. The molecular weight excluding hydrogens is 551 g/mol. The van der Waals surface area contributed by atoms with Gasteiger partial charge in [-0.05, 0) is 61.8 Å². The fourth-order valence-corrected chi connectivity index (χ4v) is 5.82. The number of amides is 4. The van der Waals surface area contributed by atoms with Gasteiger partial charge < -0.3 is 16.0 Å². The third-order valence-corrected chi connectivity index (χ3v) is 8.19. The molecule has 0 spiro atoms. The third kappa shape index (κ3) is 9.02. The molecule has 0 aromatic heterocycles. The van der Waals surface area contributed by atoms with Gasteiger partial charge in [0.25, 0.3) is 0 Å². The highest BCUT2D eigenvalue weighted by molar-refractivity contribution is 14.1. The highest BCUT2D eigenvalue weighted by Crippen LogP contribution is 2.30. The molecule has 190 valence electrons. The van der Waals surface area contributed by atoms with Crippen molar-refractivity contribution in [2.75, 3.05) is 10.6 Å². The molecule has 4 rings (SSSR count). The second-order valence-electron chi connectivity index (χ2n) is 9.77. The van der Waals surface area contributed by atoms with E-state index in [1.807, 2.05) is 63.8 Å². The van der Waals surface area contributed by atoms with Gasteiger partial charge in [0.15, 0.2) is 0 Å². The molecule has 0 bridgehead atoms. The molecule has 4 atom stereocenters. The lowest BCUT2D eigenvalue weighted by atomic mass is 9.86. The van der Waals surface area contributed by atoms with Crippen molar-refractivity contribution >= 4 is 46.3 Å². The predicted molar refractivity (Wildman–Crippen MR) is 153 cm³/mol. The zero-order valence-corrected chi connectivity index (χ0v) is 23.0. The second kappa shape index (κ2) is 14.3. The molecule has 0 aliphatic heterocycles. The maximum absolute atomic E-state index is 12.2. The molecule has 3 N–H and O–H groups in total. The quantitative estimate of drug-likeness (QED) is 0.251. The topological polar surface area (TPSA) is 73.5 Å². The molecule has 0 radical (unpaired) electrons. The Hall–Kier alpha value is -2.29. The molecule has 0 saturated heterocycles. The average Bonchev–Trinajstić information content (AvgIpc) is 2.87. The van der Waals surface area contributed by atoms with Crippen molar-refractivity contribution in [3.8, 4) is 0 Å². The van der Waals surface area contributed by atoms with E-state index < -0.39 is 0 Å². The van der Waals surface area contributed by atoms with Crippen LogP contribution in [0.25, 0.3) is 0 Å². The Balaban J connectivity index is 0.000000196. The minimum atomic E-state index is -0.0880. The van der Waals surface area contributed by atoms with Gasteiger partial charge in [-0.2, -0.15) is 0 Å². The largest absolute Gasteiger partial charge is 0.335 e. The zero-order chi connectivity index (χ0) is 25.0. The molecule has 2 aliphatic carbocycles. The van der Waals surface area contributed by atoms with Crippen LogP contribution in [0.15, 0.2) is 60.7 Å². The van der Waals surface area contributed by atoms with E-state index in [0.29, 0.717) is 23.9 Å². The smallest absolute Gasteiger partial charge is 0.330 e. The van der Waals surface area contributed by atoms with Crippen LogP contribution in [-0.2, 0) is 0 Å². The molecule has 7 heteroatoms. The number of urea groups is 2. The van der Waals surface area contributed by atoms with E-state index in [1.165, 1.54) is 38.5 Å². The molecule has 6 nitrogen and oxygen atoms in total. The number of hydrogen-bond acceptors (Lipinski definition) is 2. The molecule has 4 unspecified atom stereocenters. The summed E-state index contributed by atoms with van der Waals surface area (Å²) in [7, 11) is 0. The fourth-order valence-electron chi connectivity index (χ4n) is 4.87. The van der Waals surface area contributed by atoms with Crippen LogP contribution in [0.2, 0.25) is 0 Å². The van der Waals surface area contributed by atoms with Gasteiger partial charge in [0, 0.05) is 23.5 Å². The Morgan fingerprint density at radius 3 is 1.83 bits per heavy atom. The van der Waals surface area contributed by atoms with Crippen LogP contribution in [0.3, 0.4) is 0 Å². The normalized spacial score (nSPS) is 23.7. The summed E-state index contributed by atoms with van der Waals surface area (Å²) in [6.07, 6.45) is 9.70. The summed E-state index contributed by atoms with van der Waals surface area (Å²) in [5.74, 6) is 1.18. The molecule has 2 aromatic rings. The predicted octanol–water partition coefficient (Wildman–Crippen LogP) is 7.84. The number of halogens is 1. The van der Waals surface area contributed by atoms with Crippen molar-refractivity contribution in [2.45, 2.75) is 77.3 Å². The van der Waals surface area contributed by atoms with Crippen LogP contribution < -0.4 is 16.0 Å². The van der Waals surface area contributed by atoms with E-state index in [9.17, 15) is 9.59 Å². The van der Waals surface area contributed by atoms with Crippen LogP contribution in [0.4, 0.5) is 21.0 Å². The van der Waals surface area contributed by atoms with Gasteiger partial charge in [0.05, 0.1) is 22.9 Å². The summed E-state index contributed by atoms with van der Waals surface area (Å²) in [4.78, 5) is 24.0. The number of hydrogen-bond donors (Lipinski definition) is 3. The number of para-hydroxylation sites is 2. The lowest BCUT2D eigenvalue weighted by molar-refractivity contribution is 0.202. The second-order valence-corrected chi connectivity index (χ2v) is 10.8. The highest BCUT2D eigenvalue weighted by Gasteiger charge is 2.29. The Morgan fingerprint density at radius 1 is 0.743 bits per heavy atom. The van der Waals surface area contributed by atoms with Crippen molar-refractivity contribution in [1.82, 2.24) is 8.43 Å². The third-order valence-electron chi connectivity index (χ3n) is 7.04. The standard InChI is InChI=1S/C14H19IN2O.C14H20N2O/c1-11-7-5-6-10-13(11)17(15)14(18)16-12-8-3-2-4-9-12;1-11-7-5-6-10-13(11)16-14(17)15-12-8-3-2-4-9-12/h2-4,8-9,11,13H,5-7,10H2,1H3,(H,16,18);2-4,8-9,11,13H,5-7,10H2,1H3,(H2,15,16,17). The number of anilines is 2. The Bertz CT molecular complexity index is 912. The number of carbonyl (C=O) groups excluding carboxylic acids is 2. The van der Waals surface area contributed by atoms with Crippen molar-refractivity contribution in [1.29, 1.82) is 0 Å². The fraction of sp³-hybridized carbons (Fsp3) is 0.500. The number of nitrogens with zero attached hydrogens (tertiary/aromatic N) is 1. The van der Waals surface area contributed by atoms with Crippen LogP contribution in [0, 0.1) is 11.8 Å². The molecule has 2 saturated carbocycles. The minimum absolute atomic E-state index is 0.0134. The molecule has 2 aliphatic rings. The van der Waals surface area contributed by atoms with Crippen molar-refractivity contribution < 1.29 is 9.59 Å². The van der Waals surface area contributed by atoms with Gasteiger partial charge in [-0.25, -0.2) is 9.59 Å². The van der Waals surface area contributed by atoms with Crippen LogP contribution in [0.1, 0.15) is 65.2 Å². The van der Waals surface area contributed by atoms with Gasteiger partial charge in [-0.3, -0.25) is 3.11 Å². The monoisotopic (exact) mass is 590 g/mol. The first-order valence-electron chi connectivity index (χ1n) is 12.9. The maximum atomic E-state index is 12.2. The van der Waals surface area contributed by atoms with E-state index in [4.69, 9.17) is 0 Å². The number of rotatable bonds is 4. The van der Waals surface area contributed by atoms with Crippen LogP contribution in [0.5, 0.6) is 0 Å². The minimum Gasteiger partial charge on any atom is -0.335 e. The van der Waals surface area contributed by atoms with Gasteiger partial charge in [0.2, 0.25) is 0 Å². The molecule has 0 heterocycles. The van der Waals surface area contributed by atoms with E-state index >= 15 is 0 Å². The first kappa shape index (κ1) is 27.3. The zero-order valence-electron chi connectivity index (χ0n) is 20.9. The van der Waals surface area contributed by atoms with Crippen molar-refractivity contribution in [3.63, 3.8) is 0 Å². The Kier molecular flexibility index (Phi) is 11.2. The Labute approximate surface area is 224 Å². The van der Waals surface area contributed by atoms with Gasteiger partial charge in [-0.1, -0.05) is 75.9 Å². The van der Waals surface area contributed by atoms with Gasteiger partial charge in [-0.15, -0.1) is 0 Å². The van der Waals surface area contributed by atoms with Crippen LogP contribution in [-0.4, -0.2) is 27.3 Å². The van der Waals surface area contributed by atoms with Crippen molar-refractivity contribution in [2.24, 2.45) is 11.8 Å². The summed E-state index contributed by atoms with van der Waals surface area (Å²) in [5.41, 5.74) is 1.70. The lowest BCUT2D eigenvalue weighted by Gasteiger charge is -2.34. The molecular formula is C28H39IN4O2. The van der Waals surface area contributed by atoms with Gasteiger partial charge in [0.1, 0.15) is 0 Å². The summed E-state index contributed by atoms with van der Waals surface area (Å²) in [6, 6.07) is 19.8. The highest BCUT2D eigenvalue weighted by atomic mass is 127. The van der Waals surface area contributed by atoms with E-state index in [1.54, 1.807) is 0 Å².